The molecule has 0 atom stereocenters. The minimum Gasteiger partial charge on any atom is -0.285 e. The molecule has 0 fully saturated rings. The molecule has 0 bridgehead atoms. The Labute approximate surface area is 152 Å². The lowest BCUT2D eigenvalue weighted by molar-refractivity contribution is 0.786. The van der Waals surface area contributed by atoms with Crippen molar-refractivity contribution < 1.29 is 0 Å². The standard InChI is InChI=1S/C18H13ClN4OS/c19-14-8-4-5-12(9-14)11-25-17-21-16-15(13-6-2-1-3-7-13)10-20-23(16)18(24)22-17/h1-10H,11H2,(H,21,22,24). The van der Waals surface area contributed by atoms with Crippen LogP contribution in [0.2, 0.25) is 5.02 Å². The first kappa shape index (κ1) is 15.9. The summed E-state index contributed by atoms with van der Waals surface area (Å²) < 4.78 is 1.28. The number of aromatic nitrogens is 4. The van der Waals surface area contributed by atoms with Crippen LogP contribution in [0.1, 0.15) is 5.56 Å². The quantitative estimate of drug-likeness (QED) is 0.552. The van der Waals surface area contributed by atoms with Crippen LogP contribution in [0.3, 0.4) is 0 Å². The molecule has 0 unspecified atom stereocenters. The Balaban J connectivity index is 1.70. The molecule has 0 aliphatic heterocycles. The molecule has 2 heterocycles. The largest absolute Gasteiger partial charge is 0.350 e. The van der Waals surface area contributed by atoms with Gasteiger partial charge in [-0.15, -0.1) is 0 Å². The molecular weight excluding hydrogens is 356 g/mol. The second kappa shape index (κ2) is 6.74. The lowest BCUT2D eigenvalue weighted by Gasteiger charge is -2.03. The highest BCUT2D eigenvalue weighted by molar-refractivity contribution is 7.98. The van der Waals surface area contributed by atoms with Gasteiger partial charge in [0.1, 0.15) is 0 Å². The summed E-state index contributed by atoms with van der Waals surface area (Å²) in [5.74, 6) is 0.661. The number of thioether (sulfide) groups is 1. The lowest BCUT2D eigenvalue weighted by Crippen LogP contribution is -2.19. The maximum Gasteiger partial charge on any atom is 0.350 e. The van der Waals surface area contributed by atoms with Crippen molar-refractivity contribution in [3.8, 4) is 11.1 Å². The third kappa shape index (κ3) is 3.31. The van der Waals surface area contributed by atoms with Gasteiger partial charge >= 0.3 is 5.69 Å². The average Bonchev–Trinajstić information content (AvgIpc) is 3.05. The number of nitrogens with zero attached hydrogens (tertiary/aromatic N) is 3. The van der Waals surface area contributed by atoms with Gasteiger partial charge in [0.05, 0.1) is 6.20 Å². The second-order valence-electron chi connectivity index (χ2n) is 5.43. The SMILES string of the molecule is O=c1[nH]c(SCc2cccc(Cl)c2)nc2c(-c3ccccc3)cnn12. The fourth-order valence-corrected chi connectivity index (χ4v) is 3.54. The van der Waals surface area contributed by atoms with Crippen LogP contribution in [0.4, 0.5) is 0 Å². The highest BCUT2D eigenvalue weighted by Gasteiger charge is 2.12. The van der Waals surface area contributed by atoms with Crippen LogP contribution < -0.4 is 5.69 Å². The Hall–Kier alpha value is -2.57. The summed E-state index contributed by atoms with van der Waals surface area (Å²) in [5.41, 5.74) is 3.11. The molecule has 0 aliphatic carbocycles. The van der Waals surface area contributed by atoms with Crippen molar-refractivity contribution >= 4 is 29.0 Å². The van der Waals surface area contributed by atoms with E-state index in [2.05, 4.69) is 15.1 Å². The molecule has 0 saturated carbocycles. The number of hydrogen-bond acceptors (Lipinski definition) is 4. The topological polar surface area (TPSA) is 63.0 Å². The van der Waals surface area contributed by atoms with Gasteiger partial charge < -0.3 is 0 Å². The molecule has 2 aromatic carbocycles. The fraction of sp³-hybridized carbons (Fsp3) is 0.0556. The Morgan fingerprint density at radius 1 is 1.12 bits per heavy atom. The highest BCUT2D eigenvalue weighted by atomic mass is 35.5. The Bertz CT molecular complexity index is 1090. The van der Waals surface area contributed by atoms with Gasteiger partial charge in [0.2, 0.25) is 0 Å². The number of benzene rings is 2. The van der Waals surface area contributed by atoms with Crippen molar-refractivity contribution in [3.05, 3.63) is 81.9 Å². The molecule has 25 heavy (non-hydrogen) atoms. The minimum absolute atomic E-state index is 0.305. The first-order valence-electron chi connectivity index (χ1n) is 7.61. The fourth-order valence-electron chi connectivity index (χ4n) is 2.53. The molecule has 5 nitrogen and oxygen atoms in total. The van der Waals surface area contributed by atoms with Crippen LogP contribution in [0.15, 0.2) is 70.7 Å². The van der Waals surface area contributed by atoms with Crippen LogP contribution in [0.5, 0.6) is 0 Å². The Kier molecular flexibility index (Phi) is 4.29. The zero-order chi connectivity index (χ0) is 17.2. The van der Waals surface area contributed by atoms with E-state index in [0.29, 0.717) is 21.6 Å². The van der Waals surface area contributed by atoms with Crippen molar-refractivity contribution in [1.82, 2.24) is 19.6 Å². The van der Waals surface area contributed by atoms with Gasteiger partial charge in [0.15, 0.2) is 10.8 Å². The summed E-state index contributed by atoms with van der Waals surface area (Å²) in [4.78, 5) is 19.6. The molecule has 0 aliphatic rings. The van der Waals surface area contributed by atoms with E-state index >= 15 is 0 Å². The van der Waals surface area contributed by atoms with Crippen LogP contribution in [0, 0.1) is 0 Å². The third-order valence-electron chi connectivity index (χ3n) is 3.71. The van der Waals surface area contributed by atoms with Crippen LogP contribution >= 0.6 is 23.4 Å². The summed E-state index contributed by atoms with van der Waals surface area (Å²) in [6, 6.07) is 17.4. The molecule has 0 spiro atoms. The maximum absolute atomic E-state index is 12.3. The summed E-state index contributed by atoms with van der Waals surface area (Å²) >= 11 is 7.46. The van der Waals surface area contributed by atoms with Gasteiger partial charge in [-0.2, -0.15) is 9.61 Å². The number of halogens is 1. The molecule has 0 saturated heterocycles. The minimum atomic E-state index is -0.305. The highest BCUT2D eigenvalue weighted by Crippen LogP contribution is 2.25. The number of aromatic amines is 1. The first-order chi connectivity index (χ1) is 12.2. The van der Waals surface area contributed by atoms with Gasteiger partial charge in [-0.25, -0.2) is 9.78 Å². The van der Waals surface area contributed by atoms with E-state index < -0.39 is 0 Å². The summed E-state index contributed by atoms with van der Waals surface area (Å²) in [6.45, 7) is 0. The smallest absolute Gasteiger partial charge is 0.285 e. The van der Waals surface area contributed by atoms with Crippen molar-refractivity contribution in [3.63, 3.8) is 0 Å². The number of rotatable bonds is 4. The zero-order valence-electron chi connectivity index (χ0n) is 13.0. The molecule has 4 aromatic rings. The van der Waals surface area contributed by atoms with E-state index in [-0.39, 0.29) is 5.69 Å². The molecule has 0 radical (unpaired) electrons. The number of hydrogen-bond donors (Lipinski definition) is 1. The van der Waals surface area contributed by atoms with Gasteiger partial charge in [-0.05, 0) is 23.3 Å². The number of H-pyrrole nitrogens is 1. The van der Waals surface area contributed by atoms with Gasteiger partial charge in [-0.1, -0.05) is 65.8 Å². The van der Waals surface area contributed by atoms with Crippen LogP contribution in [-0.2, 0) is 5.75 Å². The molecule has 2 aromatic heterocycles. The van der Waals surface area contributed by atoms with E-state index in [1.165, 1.54) is 16.3 Å². The van der Waals surface area contributed by atoms with Crippen molar-refractivity contribution in [2.45, 2.75) is 10.9 Å². The van der Waals surface area contributed by atoms with E-state index in [9.17, 15) is 4.79 Å². The van der Waals surface area contributed by atoms with Crippen LogP contribution in [0.25, 0.3) is 16.8 Å². The zero-order valence-corrected chi connectivity index (χ0v) is 14.6. The molecular formula is C18H13ClN4OS. The van der Waals surface area contributed by atoms with E-state index in [0.717, 1.165) is 16.7 Å². The van der Waals surface area contributed by atoms with E-state index in [4.69, 9.17) is 11.6 Å². The Morgan fingerprint density at radius 3 is 2.76 bits per heavy atom. The van der Waals surface area contributed by atoms with Crippen molar-refractivity contribution in [2.24, 2.45) is 0 Å². The molecule has 0 amide bonds. The molecule has 124 valence electrons. The summed E-state index contributed by atoms with van der Waals surface area (Å²) in [5, 5.41) is 5.39. The molecule has 1 N–H and O–H groups in total. The van der Waals surface area contributed by atoms with Crippen LogP contribution in [-0.4, -0.2) is 19.6 Å². The number of fused-ring (bicyclic) bond motifs is 1. The van der Waals surface area contributed by atoms with Gasteiger partial charge in [0, 0.05) is 16.3 Å². The van der Waals surface area contributed by atoms with Crippen molar-refractivity contribution in [2.75, 3.05) is 0 Å². The lowest BCUT2D eigenvalue weighted by atomic mass is 10.1. The normalized spacial score (nSPS) is 11.1. The van der Waals surface area contributed by atoms with Crippen molar-refractivity contribution in [1.29, 1.82) is 0 Å². The van der Waals surface area contributed by atoms with Gasteiger partial charge in [-0.3, -0.25) is 4.98 Å². The summed E-state index contributed by atoms with van der Waals surface area (Å²) in [6.07, 6.45) is 1.67. The monoisotopic (exact) mass is 368 g/mol. The molecule has 4 rings (SSSR count). The molecule has 7 heteroatoms. The second-order valence-corrected chi connectivity index (χ2v) is 6.83. The first-order valence-corrected chi connectivity index (χ1v) is 8.98. The predicted octanol–water partition coefficient (Wildman–Crippen LogP) is 4.03. The average molecular weight is 369 g/mol. The Morgan fingerprint density at radius 2 is 1.96 bits per heavy atom. The van der Waals surface area contributed by atoms with E-state index in [1.54, 1.807) is 6.20 Å². The van der Waals surface area contributed by atoms with Gasteiger partial charge in [0.25, 0.3) is 0 Å². The number of nitrogens with one attached hydrogen (secondary N) is 1. The third-order valence-corrected chi connectivity index (χ3v) is 4.89. The van der Waals surface area contributed by atoms with E-state index in [1.807, 2.05) is 54.6 Å². The summed E-state index contributed by atoms with van der Waals surface area (Å²) in [7, 11) is 0. The maximum atomic E-state index is 12.3. The predicted molar refractivity (Wildman–Crippen MR) is 100 cm³/mol.